The first-order valence-electron chi connectivity index (χ1n) is 5.71. The zero-order valence-electron chi connectivity index (χ0n) is 10.7. The molecule has 0 spiro atoms. The molecule has 0 radical (unpaired) electrons. The second-order valence-corrected chi connectivity index (χ2v) is 5.61. The van der Waals surface area contributed by atoms with Gasteiger partial charge in [-0.1, -0.05) is 0 Å². The summed E-state index contributed by atoms with van der Waals surface area (Å²) in [4.78, 5) is 5.53. The lowest BCUT2D eigenvalue weighted by Crippen LogP contribution is -2.17. The Morgan fingerprint density at radius 3 is 2.76 bits per heavy atom. The van der Waals surface area contributed by atoms with E-state index in [0.717, 1.165) is 17.2 Å². The standard InChI is InChI=1S/C12H18N4S/c1-8(12-7-16(4)15-9(12)2)13-5-11-6-14-10(3)17-11/h6-8,13H,5H2,1-4H3. The summed E-state index contributed by atoms with van der Waals surface area (Å²) in [5.41, 5.74) is 2.35. The molecule has 0 aliphatic rings. The normalized spacial score (nSPS) is 12.9. The lowest BCUT2D eigenvalue weighted by Gasteiger charge is -2.11. The van der Waals surface area contributed by atoms with Crippen LogP contribution >= 0.6 is 11.3 Å². The van der Waals surface area contributed by atoms with E-state index in [1.165, 1.54) is 10.4 Å². The Kier molecular flexibility index (Phi) is 3.59. The van der Waals surface area contributed by atoms with Gasteiger partial charge in [-0.25, -0.2) is 4.98 Å². The van der Waals surface area contributed by atoms with Crippen molar-refractivity contribution in [2.24, 2.45) is 7.05 Å². The largest absolute Gasteiger partial charge is 0.305 e. The monoisotopic (exact) mass is 250 g/mol. The van der Waals surface area contributed by atoms with Crippen molar-refractivity contribution in [3.05, 3.63) is 33.5 Å². The van der Waals surface area contributed by atoms with Gasteiger partial charge in [0, 0.05) is 42.5 Å². The summed E-state index contributed by atoms with van der Waals surface area (Å²) in [5, 5.41) is 8.98. The number of aromatic nitrogens is 3. The van der Waals surface area contributed by atoms with Crippen molar-refractivity contribution in [3.8, 4) is 0 Å². The second-order valence-electron chi connectivity index (χ2n) is 4.29. The van der Waals surface area contributed by atoms with Gasteiger partial charge >= 0.3 is 0 Å². The van der Waals surface area contributed by atoms with Gasteiger partial charge in [0.1, 0.15) is 0 Å². The van der Waals surface area contributed by atoms with Crippen LogP contribution in [0.5, 0.6) is 0 Å². The third-order valence-corrected chi connectivity index (χ3v) is 3.68. The van der Waals surface area contributed by atoms with Gasteiger partial charge in [0.05, 0.1) is 10.7 Å². The molecule has 2 aromatic rings. The van der Waals surface area contributed by atoms with E-state index >= 15 is 0 Å². The zero-order valence-corrected chi connectivity index (χ0v) is 11.5. The number of aryl methyl sites for hydroxylation is 3. The van der Waals surface area contributed by atoms with Gasteiger partial charge in [0.2, 0.25) is 0 Å². The van der Waals surface area contributed by atoms with Crippen molar-refractivity contribution in [1.82, 2.24) is 20.1 Å². The Labute approximate surface area is 106 Å². The van der Waals surface area contributed by atoms with E-state index < -0.39 is 0 Å². The van der Waals surface area contributed by atoms with Crippen LogP contribution < -0.4 is 5.32 Å². The fourth-order valence-electron chi connectivity index (χ4n) is 1.89. The number of hydrogen-bond donors (Lipinski definition) is 1. The van der Waals surface area contributed by atoms with Gasteiger partial charge in [0.25, 0.3) is 0 Å². The van der Waals surface area contributed by atoms with E-state index in [9.17, 15) is 0 Å². The van der Waals surface area contributed by atoms with Crippen molar-refractivity contribution >= 4 is 11.3 Å². The van der Waals surface area contributed by atoms with Crippen LogP contribution in [0.15, 0.2) is 12.4 Å². The van der Waals surface area contributed by atoms with Crippen LogP contribution in [0.2, 0.25) is 0 Å². The highest BCUT2D eigenvalue weighted by Gasteiger charge is 2.11. The summed E-state index contributed by atoms with van der Waals surface area (Å²) in [5.74, 6) is 0. The Morgan fingerprint density at radius 2 is 2.24 bits per heavy atom. The number of nitrogens with zero attached hydrogens (tertiary/aromatic N) is 3. The highest BCUT2D eigenvalue weighted by molar-refractivity contribution is 7.11. The van der Waals surface area contributed by atoms with E-state index in [-0.39, 0.29) is 0 Å². The topological polar surface area (TPSA) is 42.7 Å². The molecule has 92 valence electrons. The smallest absolute Gasteiger partial charge is 0.0897 e. The Bertz CT molecular complexity index is 500. The average Bonchev–Trinajstić information content (AvgIpc) is 2.81. The van der Waals surface area contributed by atoms with E-state index in [4.69, 9.17) is 0 Å². The van der Waals surface area contributed by atoms with Crippen molar-refractivity contribution in [2.45, 2.75) is 33.4 Å². The third-order valence-electron chi connectivity index (χ3n) is 2.77. The van der Waals surface area contributed by atoms with E-state index in [1.54, 1.807) is 11.3 Å². The fourth-order valence-corrected chi connectivity index (χ4v) is 2.64. The highest BCUT2D eigenvalue weighted by Crippen LogP contribution is 2.17. The molecular weight excluding hydrogens is 232 g/mol. The molecule has 0 saturated heterocycles. The van der Waals surface area contributed by atoms with Crippen LogP contribution in [-0.2, 0) is 13.6 Å². The molecule has 0 saturated carbocycles. The molecule has 0 aliphatic heterocycles. The third kappa shape index (κ3) is 2.92. The SMILES string of the molecule is Cc1ncc(CNC(C)c2cn(C)nc2C)s1. The number of nitrogens with one attached hydrogen (secondary N) is 1. The molecule has 1 unspecified atom stereocenters. The molecule has 0 aliphatic carbocycles. The quantitative estimate of drug-likeness (QED) is 0.905. The van der Waals surface area contributed by atoms with Gasteiger partial charge < -0.3 is 5.32 Å². The van der Waals surface area contributed by atoms with Gasteiger partial charge in [0.15, 0.2) is 0 Å². The minimum absolute atomic E-state index is 0.311. The average molecular weight is 250 g/mol. The number of rotatable bonds is 4. The van der Waals surface area contributed by atoms with Crippen molar-refractivity contribution in [1.29, 1.82) is 0 Å². The summed E-state index contributed by atoms with van der Waals surface area (Å²) < 4.78 is 1.86. The van der Waals surface area contributed by atoms with Crippen LogP contribution in [0.1, 0.15) is 34.1 Å². The molecule has 1 N–H and O–H groups in total. The fraction of sp³-hybridized carbons (Fsp3) is 0.500. The summed E-state index contributed by atoms with van der Waals surface area (Å²) in [6.45, 7) is 7.10. The first kappa shape index (κ1) is 12.3. The van der Waals surface area contributed by atoms with Crippen molar-refractivity contribution < 1.29 is 0 Å². The van der Waals surface area contributed by atoms with Gasteiger partial charge in [-0.2, -0.15) is 5.10 Å². The van der Waals surface area contributed by atoms with Crippen LogP contribution in [0.25, 0.3) is 0 Å². The van der Waals surface area contributed by atoms with Gasteiger partial charge in [-0.3, -0.25) is 4.68 Å². The summed E-state index contributed by atoms with van der Waals surface area (Å²) in [6.07, 6.45) is 4.01. The van der Waals surface area contributed by atoms with Crippen molar-refractivity contribution in [3.63, 3.8) is 0 Å². The minimum atomic E-state index is 0.311. The van der Waals surface area contributed by atoms with Gasteiger partial charge in [-0.05, 0) is 20.8 Å². The highest BCUT2D eigenvalue weighted by atomic mass is 32.1. The molecule has 17 heavy (non-hydrogen) atoms. The van der Waals surface area contributed by atoms with Crippen molar-refractivity contribution in [2.75, 3.05) is 0 Å². The van der Waals surface area contributed by atoms with Crippen LogP contribution in [0.3, 0.4) is 0 Å². The number of thiazole rings is 1. The molecular formula is C12H18N4S. The van der Waals surface area contributed by atoms with E-state index in [2.05, 4.69) is 28.5 Å². The molecule has 2 heterocycles. The Hall–Kier alpha value is -1.20. The number of hydrogen-bond acceptors (Lipinski definition) is 4. The molecule has 0 aromatic carbocycles. The molecule has 2 aromatic heterocycles. The predicted molar refractivity (Wildman–Crippen MR) is 70.1 cm³/mol. The Morgan fingerprint density at radius 1 is 1.47 bits per heavy atom. The summed E-state index contributed by atoms with van der Waals surface area (Å²) in [7, 11) is 1.95. The first-order chi connectivity index (χ1) is 8.06. The molecule has 4 nitrogen and oxygen atoms in total. The minimum Gasteiger partial charge on any atom is -0.305 e. The van der Waals surface area contributed by atoms with Crippen LogP contribution in [0.4, 0.5) is 0 Å². The maximum Gasteiger partial charge on any atom is 0.0897 e. The maximum absolute atomic E-state index is 4.36. The summed E-state index contributed by atoms with van der Waals surface area (Å²) >= 11 is 1.74. The zero-order chi connectivity index (χ0) is 12.4. The molecule has 0 fully saturated rings. The molecule has 5 heteroatoms. The first-order valence-corrected chi connectivity index (χ1v) is 6.52. The molecule has 0 bridgehead atoms. The maximum atomic E-state index is 4.36. The summed E-state index contributed by atoms with van der Waals surface area (Å²) in [6, 6.07) is 0.311. The van der Waals surface area contributed by atoms with Gasteiger partial charge in [-0.15, -0.1) is 11.3 Å². The molecule has 1 atom stereocenters. The van der Waals surface area contributed by atoms with E-state index in [1.807, 2.05) is 31.8 Å². The lowest BCUT2D eigenvalue weighted by molar-refractivity contribution is 0.575. The second kappa shape index (κ2) is 4.98. The van der Waals surface area contributed by atoms with E-state index in [0.29, 0.717) is 6.04 Å². The van der Waals surface area contributed by atoms with Crippen LogP contribution in [0, 0.1) is 13.8 Å². The Balaban J connectivity index is 1.97. The van der Waals surface area contributed by atoms with Crippen LogP contribution in [-0.4, -0.2) is 14.8 Å². The molecule has 2 rings (SSSR count). The predicted octanol–water partition coefficient (Wildman–Crippen LogP) is 2.34. The molecule has 0 amide bonds. The lowest BCUT2D eigenvalue weighted by atomic mass is 10.1.